The van der Waals surface area contributed by atoms with Crippen LogP contribution in [0, 0.1) is 11.6 Å². The van der Waals surface area contributed by atoms with Crippen LogP contribution in [0.5, 0.6) is 0 Å². The Bertz CT molecular complexity index is 1040. The zero-order chi connectivity index (χ0) is 21.9. The average Bonchev–Trinajstić information content (AvgIpc) is 2.60. The number of carbonyl (C=O) groups excluding carboxylic acids is 2. The van der Waals surface area contributed by atoms with Crippen molar-refractivity contribution in [1.82, 2.24) is 9.62 Å². The van der Waals surface area contributed by atoms with Crippen LogP contribution in [0.25, 0.3) is 0 Å². The molecular weight excluding hydrogens is 404 g/mol. The lowest BCUT2D eigenvalue weighted by molar-refractivity contribution is -0.122. The fourth-order valence-electron chi connectivity index (χ4n) is 2.78. The molecule has 1 unspecified atom stereocenters. The first-order valence-electron chi connectivity index (χ1n) is 8.58. The fraction of sp³-hybridized carbons (Fsp3) is 0.263. The SMILES string of the molecule is CC(C)NS(=O)(=O)c1ccc(F)c(C(=O)N(C)C(C(N)=O)c2cccc(F)c2)c1. The van der Waals surface area contributed by atoms with Crippen LogP contribution in [0.15, 0.2) is 47.4 Å². The number of amides is 2. The second-order valence-corrected chi connectivity index (χ2v) is 8.41. The molecule has 0 fully saturated rings. The number of rotatable bonds is 7. The van der Waals surface area contributed by atoms with Gasteiger partial charge >= 0.3 is 0 Å². The average molecular weight is 425 g/mol. The molecule has 0 aliphatic heterocycles. The highest BCUT2D eigenvalue weighted by molar-refractivity contribution is 7.89. The van der Waals surface area contributed by atoms with Crippen LogP contribution in [0.4, 0.5) is 8.78 Å². The summed E-state index contributed by atoms with van der Waals surface area (Å²) < 4.78 is 54.8. The minimum atomic E-state index is -3.98. The van der Waals surface area contributed by atoms with Crippen LogP contribution >= 0.6 is 0 Å². The van der Waals surface area contributed by atoms with E-state index >= 15 is 0 Å². The third-order valence-electron chi connectivity index (χ3n) is 4.01. The fourth-order valence-corrected chi connectivity index (χ4v) is 4.05. The van der Waals surface area contributed by atoms with Gasteiger partial charge in [0.1, 0.15) is 17.7 Å². The number of benzene rings is 2. The quantitative estimate of drug-likeness (QED) is 0.707. The maximum absolute atomic E-state index is 14.3. The van der Waals surface area contributed by atoms with Gasteiger partial charge in [-0.15, -0.1) is 0 Å². The van der Waals surface area contributed by atoms with E-state index in [-0.39, 0.29) is 10.5 Å². The molecule has 2 rings (SSSR count). The number of hydrogen-bond donors (Lipinski definition) is 2. The Labute approximate surface area is 167 Å². The van der Waals surface area contributed by atoms with Crippen molar-refractivity contribution in [2.24, 2.45) is 5.73 Å². The Morgan fingerprint density at radius 1 is 1.10 bits per heavy atom. The van der Waals surface area contributed by atoms with Gasteiger partial charge in [0.15, 0.2) is 0 Å². The number of sulfonamides is 1. The predicted octanol–water partition coefficient (Wildman–Crippen LogP) is 1.95. The van der Waals surface area contributed by atoms with Crippen molar-refractivity contribution in [2.45, 2.75) is 30.8 Å². The third-order valence-corrected chi connectivity index (χ3v) is 5.67. The van der Waals surface area contributed by atoms with Crippen molar-refractivity contribution >= 4 is 21.8 Å². The molecule has 2 aromatic carbocycles. The van der Waals surface area contributed by atoms with Crippen LogP contribution in [0.2, 0.25) is 0 Å². The Hall–Kier alpha value is -2.85. The number of hydrogen-bond acceptors (Lipinski definition) is 4. The highest BCUT2D eigenvalue weighted by Gasteiger charge is 2.30. The number of nitrogens with one attached hydrogen (secondary N) is 1. The van der Waals surface area contributed by atoms with Gasteiger partial charge in [0, 0.05) is 13.1 Å². The zero-order valence-corrected chi connectivity index (χ0v) is 16.8. The van der Waals surface area contributed by atoms with Crippen LogP contribution < -0.4 is 10.5 Å². The van der Waals surface area contributed by atoms with Crippen molar-refractivity contribution in [3.63, 3.8) is 0 Å². The summed E-state index contributed by atoms with van der Waals surface area (Å²) in [6.07, 6.45) is 0. The van der Waals surface area contributed by atoms with E-state index < -0.39 is 51.1 Å². The van der Waals surface area contributed by atoms with Gasteiger partial charge in [0.2, 0.25) is 15.9 Å². The molecule has 2 aromatic rings. The Balaban J connectivity index is 2.47. The Morgan fingerprint density at radius 2 is 1.76 bits per heavy atom. The number of nitrogens with zero attached hydrogens (tertiary/aromatic N) is 1. The molecule has 0 saturated heterocycles. The van der Waals surface area contributed by atoms with Gasteiger partial charge in [-0.2, -0.15) is 0 Å². The lowest BCUT2D eigenvalue weighted by Crippen LogP contribution is -2.39. The number of nitrogens with two attached hydrogens (primary N) is 1. The first-order chi connectivity index (χ1) is 13.4. The van der Waals surface area contributed by atoms with E-state index in [9.17, 15) is 26.8 Å². The summed E-state index contributed by atoms with van der Waals surface area (Å²) in [5.41, 5.74) is 4.90. The van der Waals surface area contributed by atoms with E-state index in [4.69, 9.17) is 5.73 Å². The van der Waals surface area contributed by atoms with Crippen LogP contribution in [-0.4, -0.2) is 38.2 Å². The molecule has 0 bridgehead atoms. The van der Waals surface area contributed by atoms with Crippen LogP contribution in [0.3, 0.4) is 0 Å². The summed E-state index contributed by atoms with van der Waals surface area (Å²) in [7, 11) is -2.79. The maximum atomic E-state index is 14.3. The molecule has 10 heteroatoms. The van der Waals surface area contributed by atoms with Crippen LogP contribution in [0.1, 0.15) is 35.8 Å². The molecule has 0 spiro atoms. The molecular formula is C19H21F2N3O4S. The monoisotopic (exact) mass is 425 g/mol. The molecule has 156 valence electrons. The lowest BCUT2D eigenvalue weighted by Gasteiger charge is -2.26. The molecule has 29 heavy (non-hydrogen) atoms. The highest BCUT2D eigenvalue weighted by Crippen LogP contribution is 2.24. The first-order valence-corrected chi connectivity index (χ1v) is 10.1. The summed E-state index contributed by atoms with van der Waals surface area (Å²) in [6.45, 7) is 3.22. The van der Waals surface area contributed by atoms with Gasteiger partial charge in [-0.1, -0.05) is 12.1 Å². The number of likely N-dealkylation sites (N-methyl/N-ethyl adjacent to an activating group) is 1. The van der Waals surface area contributed by atoms with Crippen molar-refractivity contribution in [3.05, 3.63) is 65.2 Å². The minimum absolute atomic E-state index is 0.0963. The first kappa shape index (κ1) is 22.4. The molecule has 7 nitrogen and oxygen atoms in total. The summed E-state index contributed by atoms with van der Waals surface area (Å²) >= 11 is 0. The molecule has 2 amide bonds. The summed E-state index contributed by atoms with van der Waals surface area (Å²) in [4.78, 5) is 25.3. The second-order valence-electron chi connectivity index (χ2n) is 6.69. The smallest absolute Gasteiger partial charge is 0.257 e. The second kappa shape index (κ2) is 8.66. The third kappa shape index (κ3) is 5.15. The molecule has 0 radical (unpaired) electrons. The van der Waals surface area contributed by atoms with Gasteiger partial charge < -0.3 is 10.6 Å². The molecule has 0 aliphatic rings. The van der Waals surface area contributed by atoms with Gasteiger partial charge in [0.25, 0.3) is 5.91 Å². The Kier molecular flexibility index (Phi) is 6.70. The molecule has 0 heterocycles. The minimum Gasteiger partial charge on any atom is -0.368 e. The maximum Gasteiger partial charge on any atom is 0.257 e. The van der Waals surface area contributed by atoms with Gasteiger partial charge in [-0.3, -0.25) is 9.59 Å². The Morgan fingerprint density at radius 3 is 2.31 bits per heavy atom. The van der Waals surface area contributed by atoms with Crippen molar-refractivity contribution in [2.75, 3.05) is 7.05 Å². The molecule has 1 atom stereocenters. The van der Waals surface area contributed by atoms with E-state index in [0.29, 0.717) is 0 Å². The molecule has 0 aliphatic carbocycles. The molecule has 0 saturated carbocycles. The predicted molar refractivity (Wildman–Crippen MR) is 102 cm³/mol. The van der Waals surface area contributed by atoms with E-state index in [1.54, 1.807) is 13.8 Å². The van der Waals surface area contributed by atoms with E-state index in [1.165, 1.54) is 19.2 Å². The highest BCUT2D eigenvalue weighted by atomic mass is 32.2. The van der Waals surface area contributed by atoms with Gasteiger partial charge in [-0.05, 0) is 49.7 Å². The van der Waals surface area contributed by atoms with Crippen molar-refractivity contribution in [3.8, 4) is 0 Å². The number of primary amides is 1. The summed E-state index contributed by atoms with van der Waals surface area (Å²) in [5, 5.41) is 0. The summed E-state index contributed by atoms with van der Waals surface area (Å²) in [6, 6.07) is 5.86. The van der Waals surface area contributed by atoms with E-state index in [2.05, 4.69) is 4.72 Å². The normalized spacial score (nSPS) is 12.6. The largest absolute Gasteiger partial charge is 0.368 e. The molecule has 0 aromatic heterocycles. The van der Waals surface area contributed by atoms with Gasteiger partial charge in [0.05, 0.1) is 10.5 Å². The van der Waals surface area contributed by atoms with Crippen LogP contribution in [-0.2, 0) is 14.8 Å². The van der Waals surface area contributed by atoms with E-state index in [1.807, 2.05) is 0 Å². The molecule has 3 N–H and O–H groups in total. The zero-order valence-electron chi connectivity index (χ0n) is 16.0. The number of halogens is 2. The lowest BCUT2D eigenvalue weighted by atomic mass is 10.0. The van der Waals surface area contributed by atoms with Crippen molar-refractivity contribution < 1.29 is 26.8 Å². The topological polar surface area (TPSA) is 110 Å². The standard InChI is InChI=1S/C19H21F2N3O4S/c1-11(2)23-29(27,28)14-7-8-16(21)15(10-14)19(26)24(3)17(18(22)25)12-5-4-6-13(20)9-12/h4-11,17,23H,1-3H3,(H2,22,25). The van der Waals surface area contributed by atoms with Crippen molar-refractivity contribution in [1.29, 1.82) is 0 Å². The van der Waals surface area contributed by atoms with Gasteiger partial charge in [-0.25, -0.2) is 21.9 Å². The number of carbonyl (C=O) groups is 2. The summed E-state index contributed by atoms with van der Waals surface area (Å²) in [5.74, 6) is -3.57. The van der Waals surface area contributed by atoms with E-state index in [0.717, 1.165) is 35.2 Å².